The Balaban J connectivity index is 1.26. The summed E-state index contributed by atoms with van der Waals surface area (Å²) in [7, 11) is 0. The number of rotatable bonds is 9. The van der Waals surface area contributed by atoms with Crippen LogP contribution >= 0.6 is 0 Å². The zero-order chi connectivity index (χ0) is 39.4. The number of aliphatic hydroxyl groups is 1. The lowest BCUT2D eigenvalue weighted by Crippen LogP contribution is -2.42. The van der Waals surface area contributed by atoms with Crippen LogP contribution in [0.25, 0.3) is 27.7 Å². The molecule has 12 heteroatoms. The van der Waals surface area contributed by atoms with E-state index in [0.717, 1.165) is 58.5 Å². The van der Waals surface area contributed by atoms with Crippen LogP contribution < -0.4 is 9.64 Å². The van der Waals surface area contributed by atoms with E-state index in [1.54, 1.807) is 19.1 Å². The van der Waals surface area contributed by atoms with Crippen LogP contribution in [-0.4, -0.2) is 108 Å². The first-order valence-electron chi connectivity index (χ1n) is 20.3. The normalized spacial score (nSPS) is 25.1. The van der Waals surface area contributed by atoms with E-state index in [2.05, 4.69) is 4.90 Å². The van der Waals surface area contributed by atoms with Gasteiger partial charge in [-0.15, -0.1) is 0 Å². The minimum Gasteiger partial charge on any atom is -0.508 e. The molecule has 1 atom stereocenters. The highest BCUT2D eigenvalue weighted by Crippen LogP contribution is 2.51. The second-order valence-corrected chi connectivity index (χ2v) is 17.3. The van der Waals surface area contributed by atoms with Crippen molar-refractivity contribution in [2.75, 3.05) is 70.7 Å². The molecule has 0 radical (unpaired) electrons. The number of nitrogens with zero attached hydrogens (tertiary/aromatic N) is 5. The molecule has 3 aliphatic heterocycles. The molecule has 1 unspecified atom stereocenters. The van der Waals surface area contributed by atoms with Crippen molar-refractivity contribution in [3.63, 3.8) is 0 Å². The molecule has 5 aliphatic rings. The first kappa shape index (κ1) is 38.9. The summed E-state index contributed by atoms with van der Waals surface area (Å²) < 4.78 is 51.4. The molecule has 1 saturated carbocycles. The van der Waals surface area contributed by atoms with Crippen LogP contribution in [0.15, 0.2) is 35.3 Å². The second-order valence-electron chi connectivity index (χ2n) is 17.3. The van der Waals surface area contributed by atoms with Gasteiger partial charge in [-0.3, -0.25) is 4.99 Å². The molecule has 10 nitrogen and oxygen atoms in total. The van der Waals surface area contributed by atoms with E-state index < -0.39 is 17.2 Å². The van der Waals surface area contributed by atoms with Gasteiger partial charge in [0.1, 0.15) is 28.7 Å². The van der Waals surface area contributed by atoms with Gasteiger partial charge in [-0.05, 0) is 118 Å². The third-order valence-corrected chi connectivity index (χ3v) is 12.4. The van der Waals surface area contributed by atoms with E-state index in [1.807, 2.05) is 38.7 Å². The number of aromatic hydroxyl groups is 1. The summed E-state index contributed by atoms with van der Waals surface area (Å²) >= 11 is 0. The molecular weight excluding hydrogens is 717 g/mol. The fraction of sp³-hybridized carbons (Fsp3) is 0.568. The van der Waals surface area contributed by atoms with E-state index >= 15 is 8.78 Å². The summed E-state index contributed by atoms with van der Waals surface area (Å²) in [5.41, 5.74) is 1.38. The van der Waals surface area contributed by atoms with Crippen LogP contribution in [0.3, 0.4) is 0 Å². The molecule has 0 bridgehead atoms. The van der Waals surface area contributed by atoms with Crippen molar-refractivity contribution in [3.8, 4) is 11.8 Å². The number of hydrogen-bond acceptors (Lipinski definition) is 10. The first-order chi connectivity index (χ1) is 26.8. The fourth-order valence-electron chi connectivity index (χ4n) is 9.34. The number of β-amino-alcohol motifs (C(OH)–C–C–N with tert-alkyl or cyclic N) is 1. The zero-order valence-electron chi connectivity index (χ0n) is 33.4. The van der Waals surface area contributed by atoms with Crippen molar-refractivity contribution in [3.05, 3.63) is 58.5 Å². The number of aliphatic imine (C=N–C) groups is 1. The van der Waals surface area contributed by atoms with Crippen molar-refractivity contribution < 1.29 is 33.2 Å². The molecular formula is C44H55F2N5O5. The van der Waals surface area contributed by atoms with Crippen LogP contribution in [0.4, 0.5) is 14.6 Å². The maximum absolute atomic E-state index is 18.0. The third kappa shape index (κ3) is 7.45. The number of fused-ring (bicyclic) bond motifs is 2. The van der Waals surface area contributed by atoms with E-state index in [-0.39, 0.29) is 47.6 Å². The SMILES string of the molecule is C/C=C1\C(=NC(C)C)C(c2cc(O)cc3ccc(F)c(CC)c23)=C(F)c2nc(OCC3(CN4CCC5(CCOCC5)C4)CC3)nc(N3CCOCC(C)(O)C3)c21. The number of halogens is 2. The lowest BCUT2D eigenvalue weighted by Gasteiger charge is -2.34. The lowest BCUT2D eigenvalue weighted by atomic mass is 9.80. The largest absolute Gasteiger partial charge is 0.508 e. The Morgan fingerprint density at radius 2 is 1.80 bits per heavy atom. The van der Waals surface area contributed by atoms with Gasteiger partial charge in [-0.2, -0.15) is 9.97 Å². The van der Waals surface area contributed by atoms with Crippen LogP contribution in [0, 0.1) is 16.6 Å². The van der Waals surface area contributed by atoms with Crippen LogP contribution in [0.1, 0.15) is 89.1 Å². The summed E-state index contributed by atoms with van der Waals surface area (Å²) in [6.45, 7) is 15.5. The number of phenols is 1. The predicted octanol–water partition coefficient (Wildman–Crippen LogP) is 7.39. The van der Waals surface area contributed by atoms with Crippen molar-refractivity contribution in [2.45, 2.75) is 84.8 Å². The molecule has 2 N–H and O–H groups in total. The number of likely N-dealkylation sites (tertiary alicyclic amines) is 1. The Labute approximate surface area is 328 Å². The summed E-state index contributed by atoms with van der Waals surface area (Å²) in [5.74, 6) is -0.733. The summed E-state index contributed by atoms with van der Waals surface area (Å²) in [6.07, 6.45) is 7.70. The van der Waals surface area contributed by atoms with Gasteiger partial charge in [-0.1, -0.05) is 19.1 Å². The maximum atomic E-state index is 18.0. The minimum absolute atomic E-state index is 0.0254. The van der Waals surface area contributed by atoms with E-state index in [4.69, 9.17) is 29.2 Å². The van der Waals surface area contributed by atoms with Crippen LogP contribution in [0.2, 0.25) is 0 Å². The Morgan fingerprint density at radius 3 is 2.52 bits per heavy atom. The number of aromatic nitrogens is 2. The number of benzene rings is 2. The van der Waals surface area contributed by atoms with E-state index in [9.17, 15) is 10.2 Å². The zero-order valence-corrected chi connectivity index (χ0v) is 33.4. The predicted molar refractivity (Wildman–Crippen MR) is 215 cm³/mol. The quantitative estimate of drug-likeness (QED) is 0.230. The topological polar surface area (TPSA) is 113 Å². The van der Waals surface area contributed by atoms with Crippen molar-refractivity contribution in [1.29, 1.82) is 0 Å². The van der Waals surface area contributed by atoms with E-state index in [1.165, 1.54) is 18.6 Å². The van der Waals surface area contributed by atoms with Gasteiger partial charge in [0.25, 0.3) is 0 Å². The number of allylic oxidation sites excluding steroid dienone is 3. The molecule has 0 amide bonds. The average molecular weight is 772 g/mol. The van der Waals surface area contributed by atoms with Gasteiger partial charge < -0.3 is 34.2 Å². The second kappa shape index (κ2) is 15.1. The molecule has 4 fully saturated rings. The number of ether oxygens (including phenoxy) is 3. The molecule has 300 valence electrons. The number of anilines is 1. The molecule has 1 aromatic heterocycles. The first-order valence-corrected chi connectivity index (χ1v) is 20.3. The molecule has 56 heavy (non-hydrogen) atoms. The van der Waals surface area contributed by atoms with Gasteiger partial charge in [0.2, 0.25) is 0 Å². The average Bonchev–Trinajstić information content (AvgIpc) is 3.87. The standard InChI is InChI=1S/C44H55F2N5O5/c1-6-30-33(45)9-8-28-20-29(52)21-32(34(28)30)35-37(46)39-36(31(7-2)38(35)47-27(3)4)40(51-16-19-55-25-42(5,53)22-51)49-41(48-39)56-26-44(10-11-44)24-50-15-12-43(23-50)13-17-54-18-14-43/h7-9,20-21,27,52-53H,6,10-19,22-26H2,1-5H3/b31-7-,47-38?. The molecule has 3 saturated heterocycles. The maximum Gasteiger partial charge on any atom is 0.319 e. The molecule has 3 aromatic rings. The summed E-state index contributed by atoms with van der Waals surface area (Å²) in [4.78, 5) is 19.4. The number of hydrogen-bond donors (Lipinski definition) is 2. The Morgan fingerprint density at radius 1 is 1.02 bits per heavy atom. The monoisotopic (exact) mass is 771 g/mol. The fourth-order valence-corrected chi connectivity index (χ4v) is 9.34. The highest BCUT2D eigenvalue weighted by Gasteiger charge is 2.48. The highest BCUT2D eigenvalue weighted by atomic mass is 19.1. The minimum atomic E-state index is -1.20. The smallest absolute Gasteiger partial charge is 0.319 e. The van der Waals surface area contributed by atoms with Crippen LogP contribution in [-0.2, 0) is 15.9 Å². The van der Waals surface area contributed by atoms with Gasteiger partial charge in [0.05, 0.1) is 37.6 Å². The number of phenolic OH excluding ortho intramolecular Hbond substituents is 1. The van der Waals surface area contributed by atoms with Crippen molar-refractivity contribution in [1.82, 2.24) is 14.9 Å². The molecule has 8 rings (SSSR count). The highest BCUT2D eigenvalue weighted by molar-refractivity contribution is 6.51. The summed E-state index contributed by atoms with van der Waals surface area (Å²) in [5, 5.41) is 23.4. The van der Waals surface area contributed by atoms with E-state index in [0.29, 0.717) is 76.2 Å². The molecule has 1 spiro atoms. The molecule has 4 heterocycles. The Kier molecular flexibility index (Phi) is 10.5. The molecule has 2 aromatic carbocycles. The van der Waals surface area contributed by atoms with Crippen molar-refractivity contribution in [2.24, 2.45) is 15.8 Å². The van der Waals surface area contributed by atoms with Crippen LogP contribution in [0.5, 0.6) is 11.8 Å². The van der Waals surface area contributed by atoms with Gasteiger partial charge in [0.15, 0.2) is 5.83 Å². The number of aryl methyl sites for hydroxylation is 1. The van der Waals surface area contributed by atoms with Crippen molar-refractivity contribution >= 4 is 39.3 Å². The Hall–Kier alpha value is -3.97. The van der Waals surface area contributed by atoms with Gasteiger partial charge >= 0.3 is 6.01 Å². The van der Waals surface area contributed by atoms with Gasteiger partial charge in [-0.25, -0.2) is 8.78 Å². The third-order valence-electron chi connectivity index (χ3n) is 12.4. The Bertz CT molecular complexity index is 2100. The molecule has 2 aliphatic carbocycles. The lowest BCUT2D eigenvalue weighted by molar-refractivity contribution is -0.0123. The summed E-state index contributed by atoms with van der Waals surface area (Å²) in [6, 6.07) is 5.85. The van der Waals surface area contributed by atoms with Gasteiger partial charge in [0, 0.05) is 55.5 Å².